The number of aromatic nitrogens is 1. The predicted octanol–water partition coefficient (Wildman–Crippen LogP) is 2.99. The molecule has 5 heteroatoms. The van der Waals surface area contributed by atoms with Gasteiger partial charge >= 0.3 is 6.03 Å². The van der Waals surface area contributed by atoms with Crippen molar-refractivity contribution in [3.63, 3.8) is 0 Å². The zero-order valence-corrected chi connectivity index (χ0v) is 13.9. The Morgan fingerprint density at radius 3 is 2.87 bits per heavy atom. The smallest absolute Gasteiger partial charge is 0.317 e. The topological polar surface area (TPSA) is 54.5 Å². The Hall–Kier alpha value is -1.62. The minimum Gasteiger partial charge on any atom is -0.381 e. The lowest BCUT2D eigenvalue weighted by molar-refractivity contribution is 0.168. The van der Waals surface area contributed by atoms with Crippen LogP contribution in [0, 0.1) is 11.8 Å². The van der Waals surface area contributed by atoms with Crippen molar-refractivity contribution in [1.29, 1.82) is 0 Å². The van der Waals surface area contributed by atoms with E-state index in [1.54, 1.807) is 4.90 Å². The molecular weight excluding hydrogens is 290 g/mol. The van der Waals surface area contributed by atoms with Gasteiger partial charge in [-0.05, 0) is 37.3 Å². The van der Waals surface area contributed by atoms with Crippen molar-refractivity contribution in [2.75, 3.05) is 26.8 Å². The second kappa shape index (κ2) is 7.77. The van der Waals surface area contributed by atoms with Gasteiger partial charge in [-0.3, -0.25) is 4.98 Å². The molecule has 0 radical (unpaired) electrons. The highest BCUT2D eigenvalue weighted by atomic mass is 16.5. The van der Waals surface area contributed by atoms with E-state index in [9.17, 15) is 4.79 Å². The van der Waals surface area contributed by atoms with Crippen LogP contribution >= 0.6 is 0 Å². The van der Waals surface area contributed by atoms with E-state index in [2.05, 4.69) is 10.3 Å². The van der Waals surface area contributed by atoms with Crippen molar-refractivity contribution in [2.45, 2.75) is 38.1 Å². The average Bonchev–Trinajstić information content (AvgIpc) is 3.26. The van der Waals surface area contributed by atoms with Gasteiger partial charge in [0.1, 0.15) is 0 Å². The maximum atomic E-state index is 12.6. The lowest BCUT2D eigenvalue weighted by Gasteiger charge is -2.28. The van der Waals surface area contributed by atoms with Crippen molar-refractivity contribution >= 4 is 6.03 Å². The molecule has 0 aromatic carbocycles. The van der Waals surface area contributed by atoms with Gasteiger partial charge in [-0.2, -0.15) is 0 Å². The predicted molar refractivity (Wildman–Crippen MR) is 89.0 cm³/mol. The summed E-state index contributed by atoms with van der Waals surface area (Å²) in [6.07, 6.45) is 7.69. The van der Waals surface area contributed by atoms with Crippen LogP contribution in [0.3, 0.4) is 0 Å². The monoisotopic (exact) mass is 317 g/mol. The first-order chi connectivity index (χ1) is 11.2. The highest BCUT2D eigenvalue weighted by Gasteiger charge is 2.30. The second-order valence-corrected chi connectivity index (χ2v) is 6.84. The number of carbonyl (C=O) groups is 1. The largest absolute Gasteiger partial charge is 0.381 e. The molecule has 3 rings (SSSR count). The maximum Gasteiger partial charge on any atom is 0.317 e. The molecule has 5 nitrogen and oxygen atoms in total. The molecule has 1 aromatic heterocycles. The van der Waals surface area contributed by atoms with Crippen LogP contribution in [0.25, 0.3) is 0 Å². The molecule has 1 aliphatic heterocycles. The summed E-state index contributed by atoms with van der Waals surface area (Å²) in [5.41, 5.74) is 0.977. The first-order valence-corrected chi connectivity index (χ1v) is 8.74. The van der Waals surface area contributed by atoms with Gasteiger partial charge in [0, 0.05) is 32.3 Å². The Labute approximate surface area is 138 Å². The molecule has 2 fully saturated rings. The number of nitrogens with one attached hydrogen (secondary N) is 1. The lowest BCUT2D eigenvalue weighted by atomic mass is 9.95. The van der Waals surface area contributed by atoms with Crippen LogP contribution in [0.5, 0.6) is 0 Å². The van der Waals surface area contributed by atoms with E-state index in [1.807, 2.05) is 31.4 Å². The maximum absolute atomic E-state index is 12.6. The van der Waals surface area contributed by atoms with E-state index in [-0.39, 0.29) is 12.1 Å². The van der Waals surface area contributed by atoms with Crippen molar-refractivity contribution in [3.8, 4) is 0 Å². The average molecular weight is 317 g/mol. The summed E-state index contributed by atoms with van der Waals surface area (Å²) in [6, 6.07) is 5.96. The highest BCUT2D eigenvalue weighted by Crippen LogP contribution is 2.35. The molecule has 23 heavy (non-hydrogen) atoms. The van der Waals surface area contributed by atoms with Crippen LogP contribution in [0.4, 0.5) is 4.79 Å². The Bertz CT molecular complexity index is 496. The molecule has 1 aromatic rings. The fraction of sp³-hybridized carbons (Fsp3) is 0.667. The van der Waals surface area contributed by atoms with Gasteiger partial charge in [-0.25, -0.2) is 4.79 Å². The van der Waals surface area contributed by atoms with Crippen LogP contribution < -0.4 is 5.32 Å². The van der Waals surface area contributed by atoms with Crippen molar-refractivity contribution in [2.24, 2.45) is 11.8 Å². The normalized spacial score (nSPS) is 22.9. The number of hydrogen-bond acceptors (Lipinski definition) is 3. The zero-order valence-electron chi connectivity index (χ0n) is 13.9. The fourth-order valence-electron chi connectivity index (χ4n) is 3.72. The summed E-state index contributed by atoms with van der Waals surface area (Å²) in [7, 11) is 1.87. The number of amides is 2. The number of urea groups is 1. The van der Waals surface area contributed by atoms with Crippen LogP contribution in [0.1, 0.15) is 43.8 Å². The minimum absolute atomic E-state index is 0.000506. The molecule has 2 heterocycles. The van der Waals surface area contributed by atoms with E-state index in [1.165, 1.54) is 25.7 Å². The molecular formula is C18H27N3O2. The van der Waals surface area contributed by atoms with Gasteiger partial charge in [0.05, 0.1) is 18.3 Å². The first kappa shape index (κ1) is 16.2. The molecule has 2 amide bonds. The Kier molecular flexibility index (Phi) is 5.49. The second-order valence-electron chi connectivity index (χ2n) is 6.84. The van der Waals surface area contributed by atoms with Crippen LogP contribution in [0.15, 0.2) is 24.4 Å². The molecule has 2 atom stereocenters. The molecule has 2 aliphatic rings. The third kappa shape index (κ3) is 4.22. The van der Waals surface area contributed by atoms with E-state index in [0.717, 1.165) is 31.9 Å². The Morgan fingerprint density at radius 2 is 2.22 bits per heavy atom. The third-order valence-corrected chi connectivity index (χ3v) is 5.06. The molecule has 1 aliphatic carbocycles. The number of carbonyl (C=O) groups excluding carboxylic acids is 1. The Morgan fingerprint density at radius 1 is 1.39 bits per heavy atom. The molecule has 1 saturated carbocycles. The summed E-state index contributed by atoms with van der Waals surface area (Å²) in [6.45, 7) is 2.34. The fourth-order valence-corrected chi connectivity index (χ4v) is 3.72. The lowest BCUT2D eigenvalue weighted by Crippen LogP contribution is -2.43. The summed E-state index contributed by atoms with van der Waals surface area (Å²) >= 11 is 0. The van der Waals surface area contributed by atoms with Crippen LogP contribution in [-0.2, 0) is 4.74 Å². The molecule has 1 N–H and O–H groups in total. The van der Waals surface area contributed by atoms with Crippen molar-refractivity contribution in [1.82, 2.24) is 15.2 Å². The summed E-state index contributed by atoms with van der Waals surface area (Å²) in [4.78, 5) is 18.9. The quantitative estimate of drug-likeness (QED) is 0.908. The van der Waals surface area contributed by atoms with Gasteiger partial charge in [-0.15, -0.1) is 0 Å². The molecule has 1 saturated heterocycles. The number of ether oxygens (including phenoxy) is 1. The van der Waals surface area contributed by atoms with E-state index in [0.29, 0.717) is 11.8 Å². The number of hydrogen-bond donors (Lipinski definition) is 1. The zero-order chi connectivity index (χ0) is 16.1. The molecule has 126 valence electrons. The van der Waals surface area contributed by atoms with Crippen molar-refractivity contribution < 1.29 is 9.53 Å². The molecule has 0 bridgehead atoms. The van der Waals surface area contributed by atoms with Crippen LogP contribution in [-0.4, -0.2) is 42.7 Å². The van der Waals surface area contributed by atoms with Crippen molar-refractivity contribution in [3.05, 3.63) is 30.1 Å². The molecule has 0 spiro atoms. The van der Waals surface area contributed by atoms with Gasteiger partial charge in [0.2, 0.25) is 0 Å². The number of pyridine rings is 1. The number of nitrogens with zero attached hydrogens (tertiary/aromatic N) is 2. The van der Waals surface area contributed by atoms with Gasteiger partial charge in [-0.1, -0.05) is 18.9 Å². The van der Waals surface area contributed by atoms with E-state index < -0.39 is 0 Å². The van der Waals surface area contributed by atoms with Gasteiger partial charge < -0.3 is 15.0 Å². The molecule has 0 unspecified atom stereocenters. The Balaban J connectivity index is 1.63. The highest BCUT2D eigenvalue weighted by molar-refractivity contribution is 5.74. The van der Waals surface area contributed by atoms with Gasteiger partial charge in [0.15, 0.2) is 0 Å². The summed E-state index contributed by atoms with van der Waals surface area (Å²) in [5, 5.41) is 3.23. The number of rotatable bonds is 5. The van der Waals surface area contributed by atoms with Crippen LogP contribution in [0.2, 0.25) is 0 Å². The summed E-state index contributed by atoms with van der Waals surface area (Å²) < 4.78 is 5.40. The summed E-state index contributed by atoms with van der Waals surface area (Å²) in [5.74, 6) is 0.961. The van der Waals surface area contributed by atoms with E-state index >= 15 is 0 Å². The first-order valence-electron chi connectivity index (χ1n) is 8.74. The van der Waals surface area contributed by atoms with E-state index in [4.69, 9.17) is 4.74 Å². The third-order valence-electron chi connectivity index (χ3n) is 5.06. The minimum atomic E-state index is -0.000506. The van der Waals surface area contributed by atoms with Gasteiger partial charge in [0.25, 0.3) is 0 Å². The standard InChI is InChI=1S/C18H27N3O2/c1-21(12-14-9-11-23-13-14)18(22)20-17(15-6-2-3-7-15)16-8-4-5-10-19-16/h4-5,8,10,14-15,17H,2-3,6-7,9,11-13H2,1H3,(H,20,22)/t14-,17+/m1/s1. The SMILES string of the molecule is CN(C[C@H]1CCOC1)C(=O)N[C@H](c1ccccn1)C1CCCC1.